The van der Waals surface area contributed by atoms with E-state index in [1.165, 1.54) is 0 Å². The van der Waals surface area contributed by atoms with Gasteiger partial charge in [0.25, 0.3) is 0 Å². The van der Waals surface area contributed by atoms with Crippen LogP contribution in [0.2, 0.25) is 0 Å². The van der Waals surface area contributed by atoms with Crippen LogP contribution in [0.1, 0.15) is 44.8 Å². The molecule has 0 fully saturated rings. The number of hydrogen-bond donors (Lipinski definition) is 0. The third-order valence-corrected chi connectivity index (χ3v) is 2.25. The van der Waals surface area contributed by atoms with Gasteiger partial charge in [-0.15, -0.1) is 0 Å². The Morgan fingerprint density at radius 2 is 2.17 bits per heavy atom. The maximum absolute atomic E-state index is 5.49. The van der Waals surface area contributed by atoms with Crippen LogP contribution in [0, 0.1) is 12.8 Å². The quantitative estimate of drug-likeness (QED) is 0.691. The summed E-state index contributed by atoms with van der Waals surface area (Å²) in [6, 6.07) is 0. The molecule has 1 heterocycles. The van der Waals surface area contributed by atoms with E-state index >= 15 is 0 Å². The lowest BCUT2D eigenvalue weighted by atomic mass is 9.91. The van der Waals surface area contributed by atoms with Gasteiger partial charge in [0.15, 0.2) is 5.89 Å². The van der Waals surface area contributed by atoms with E-state index in [1.54, 1.807) is 0 Å². The normalized spacial score (nSPS) is 13.8. The highest BCUT2D eigenvalue weighted by Gasteiger charge is 2.17. The summed E-state index contributed by atoms with van der Waals surface area (Å²) in [5, 5.41) is 0. The van der Waals surface area contributed by atoms with E-state index in [-0.39, 0.29) is 0 Å². The van der Waals surface area contributed by atoms with Gasteiger partial charge < -0.3 is 4.42 Å². The van der Waals surface area contributed by atoms with Crippen molar-refractivity contribution in [2.45, 2.75) is 40.0 Å². The summed E-state index contributed by atoms with van der Waals surface area (Å²) in [6.07, 6.45) is 2.97. The largest absolute Gasteiger partial charge is 0.446 e. The zero-order valence-electron chi connectivity index (χ0n) is 8.29. The van der Waals surface area contributed by atoms with Crippen LogP contribution >= 0.6 is 0 Å². The minimum atomic E-state index is 0.520. The molecule has 68 valence electrons. The first kappa shape index (κ1) is 9.30. The number of oxazole rings is 1. The van der Waals surface area contributed by atoms with Gasteiger partial charge in [0.05, 0.1) is 6.20 Å². The monoisotopic (exact) mass is 167 g/mol. The molecule has 0 bridgehead atoms. The number of rotatable bonds is 3. The lowest BCUT2D eigenvalue weighted by Gasteiger charge is -2.15. The van der Waals surface area contributed by atoms with Crippen molar-refractivity contribution in [2.24, 2.45) is 5.92 Å². The van der Waals surface area contributed by atoms with E-state index in [0.717, 1.165) is 18.1 Å². The van der Waals surface area contributed by atoms with Gasteiger partial charge >= 0.3 is 0 Å². The van der Waals surface area contributed by atoms with Crippen LogP contribution in [0.15, 0.2) is 10.6 Å². The van der Waals surface area contributed by atoms with E-state index in [1.807, 2.05) is 13.1 Å². The molecule has 1 unspecified atom stereocenters. The van der Waals surface area contributed by atoms with Crippen LogP contribution < -0.4 is 0 Å². The third kappa shape index (κ3) is 1.87. The molecule has 12 heavy (non-hydrogen) atoms. The van der Waals surface area contributed by atoms with Gasteiger partial charge in [-0.25, -0.2) is 4.98 Å². The number of hydrogen-bond acceptors (Lipinski definition) is 2. The van der Waals surface area contributed by atoms with Gasteiger partial charge in [0, 0.05) is 12.8 Å². The second kappa shape index (κ2) is 3.74. The molecule has 2 heteroatoms. The van der Waals surface area contributed by atoms with Crippen molar-refractivity contribution in [3.05, 3.63) is 17.8 Å². The Bertz CT molecular complexity index is 240. The second-order valence-electron chi connectivity index (χ2n) is 3.54. The number of aryl methyl sites for hydroxylation is 1. The molecule has 1 atom stereocenters. The highest BCUT2D eigenvalue weighted by molar-refractivity contribution is 5.01. The molecule has 1 aromatic heterocycles. The smallest absolute Gasteiger partial charge is 0.191 e. The van der Waals surface area contributed by atoms with Crippen molar-refractivity contribution in [1.29, 1.82) is 0 Å². The molecule has 0 radical (unpaired) electrons. The molecule has 0 N–H and O–H groups in total. The first-order valence-electron chi connectivity index (χ1n) is 4.57. The highest BCUT2D eigenvalue weighted by Crippen LogP contribution is 2.27. The fourth-order valence-corrected chi connectivity index (χ4v) is 1.55. The lowest BCUT2D eigenvalue weighted by molar-refractivity contribution is 0.375. The molecule has 0 aliphatic heterocycles. The summed E-state index contributed by atoms with van der Waals surface area (Å²) in [5.41, 5.74) is 0. The van der Waals surface area contributed by atoms with Gasteiger partial charge in [-0.05, 0) is 12.3 Å². The average Bonchev–Trinajstić information content (AvgIpc) is 2.37. The van der Waals surface area contributed by atoms with E-state index in [4.69, 9.17) is 4.42 Å². The Balaban J connectivity index is 2.80. The van der Waals surface area contributed by atoms with Gasteiger partial charge in [-0.1, -0.05) is 20.8 Å². The van der Waals surface area contributed by atoms with Crippen LogP contribution in [0.5, 0.6) is 0 Å². The molecule has 0 aliphatic carbocycles. The van der Waals surface area contributed by atoms with Crippen LogP contribution in [0.25, 0.3) is 0 Å². The Kier molecular flexibility index (Phi) is 2.90. The summed E-state index contributed by atoms with van der Waals surface area (Å²) in [5.74, 6) is 2.95. The fourth-order valence-electron chi connectivity index (χ4n) is 1.55. The highest BCUT2D eigenvalue weighted by atomic mass is 16.4. The first-order chi connectivity index (χ1) is 5.65. The van der Waals surface area contributed by atoms with Crippen molar-refractivity contribution in [2.75, 3.05) is 0 Å². The second-order valence-corrected chi connectivity index (χ2v) is 3.54. The molecule has 2 nitrogen and oxygen atoms in total. The fraction of sp³-hybridized carbons (Fsp3) is 0.700. The van der Waals surface area contributed by atoms with Crippen LogP contribution in [-0.2, 0) is 0 Å². The average molecular weight is 167 g/mol. The van der Waals surface area contributed by atoms with Gasteiger partial charge in [-0.3, -0.25) is 0 Å². The zero-order valence-corrected chi connectivity index (χ0v) is 8.29. The van der Waals surface area contributed by atoms with Crippen molar-refractivity contribution >= 4 is 0 Å². The summed E-state index contributed by atoms with van der Waals surface area (Å²) in [6.45, 7) is 8.50. The molecule has 0 saturated carbocycles. The minimum absolute atomic E-state index is 0.520. The first-order valence-corrected chi connectivity index (χ1v) is 4.57. The van der Waals surface area contributed by atoms with E-state index in [9.17, 15) is 0 Å². The summed E-state index contributed by atoms with van der Waals surface area (Å²) >= 11 is 0. The van der Waals surface area contributed by atoms with Crippen molar-refractivity contribution < 1.29 is 4.42 Å². The molecule has 1 rings (SSSR count). The Morgan fingerprint density at radius 3 is 2.50 bits per heavy atom. The van der Waals surface area contributed by atoms with Gasteiger partial charge in [0.1, 0.15) is 5.76 Å². The SMILES string of the molecule is CCC(c1cnc(C)o1)C(C)C. The molecular formula is C10H17NO. The number of nitrogens with zero attached hydrogens (tertiary/aromatic N) is 1. The van der Waals surface area contributed by atoms with Crippen LogP contribution in [0.3, 0.4) is 0 Å². The standard InChI is InChI=1S/C10H17NO/c1-5-9(7(2)3)10-6-11-8(4)12-10/h6-7,9H,5H2,1-4H3. The minimum Gasteiger partial charge on any atom is -0.446 e. The Hall–Kier alpha value is -0.790. The van der Waals surface area contributed by atoms with E-state index in [2.05, 4.69) is 25.8 Å². The van der Waals surface area contributed by atoms with Crippen LogP contribution in [0.4, 0.5) is 0 Å². The Labute approximate surface area is 74.0 Å². The predicted octanol–water partition coefficient (Wildman–Crippen LogP) is 3.13. The topological polar surface area (TPSA) is 26.0 Å². The molecule has 0 saturated heterocycles. The van der Waals surface area contributed by atoms with E-state index in [0.29, 0.717) is 11.8 Å². The maximum atomic E-state index is 5.49. The van der Waals surface area contributed by atoms with Gasteiger partial charge in [0.2, 0.25) is 0 Å². The zero-order chi connectivity index (χ0) is 9.14. The molecule has 1 aromatic rings. The molecular weight excluding hydrogens is 150 g/mol. The number of aromatic nitrogens is 1. The molecule has 0 amide bonds. The van der Waals surface area contributed by atoms with Crippen molar-refractivity contribution in [1.82, 2.24) is 4.98 Å². The molecule has 0 spiro atoms. The lowest BCUT2D eigenvalue weighted by Crippen LogP contribution is -2.03. The maximum Gasteiger partial charge on any atom is 0.191 e. The third-order valence-electron chi connectivity index (χ3n) is 2.25. The summed E-state index contributed by atoms with van der Waals surface area (Å²) < 4.78 is 5.49. The molecule has 0 aromatic carbocycles. The summed E-state index contributed by atoms with van der Waals surface area (Å²) in [4.78, 5) is 4.10. The van der Waals surface area contributed by atoms with Gasteiger partial charge in [-0.2, -0.15) is 0 Å². The van der Waals surface area contributed by atoms with Crippen molar-refractivity contribution in [3.8, 4) is 0 Å². The van der Waals surface area contributed by atoms with E-state index < -0.39 is 0 Å². The Morgan fingerprint density at radius 1 is 1.50 bits per heavy atom. The predicted molar refractivity (Wildman–Crippen MR) is 49.1 cm³/mol. The van der Waals surface area contributed by atoms with Crippen LogP contribution in [-0.4, -0.2) is 4.98 Å². The molecule has 0 aliphatic rings. The summed E-state index contributed by atoms with van der Waals surface area (Å²) in [7, 11) is 0. The van der Waals surface area contributed by atoms with Crippen molar-refractivity contribution in [3.63, 3.8) is 0 Å².